The van der Waals surface area contributed by atoms with Crippen molar-refractivity contribution in [3.63, 3.8) is 0 Å². The zero-order valence-corrected chi connectivity index (χ0v) is 11.3. The molecule has 0 fully saturated rings. The predicted molar refractivity (Wildman–Crippen MR) is 77.4 cm³/mol. The second kappa shape index (κ2) is 6.56. The molecule has 0 saturated carbocycles. The monoisotopic (exact) mass is 271 g/mol. The molecular weight excluding hydrogens is 254 g/mol. The molecule has 20 heavy (non-hydrogen) atoms. The summed E-state index contributed by atoms with van der Waals surface area (Å²) in [5, 5.41) is 3.32. The van der Waals surface area contributed by atoms with Crippen molar-refractivity contribution in [3.8, 4) is 5.75 Å². The van der Waals surface area contributed by atoms with Gasteiger partial charge in [0.05, 0.1) is 11.4 Å². The average Bonchev–Trinajstić information content (AvgIpc) is 2.45. The Kier molecular flexibility index (Phi) is 4.55. The molecule has 2 rings (SSSR count). The van der Waals surface area contributed by atoms with Crippen molar-refractivity contribution in [1.82, 2.24) is 4.98 Å². The normalized spacial score (nSPS) is 10.1. The van der Waals surface area contributed by atoms with Gasteiger partial charge >= 0.3 is 0 Å². The maximum absolute atomic E-state index is 10.6. The molecule has 0 aliphatic heterocycles. The molecule has 0 aliphatic carbocycles. The zero-order chi connectivity index (χ0) is 14.4. The molecule has 0 aliphatic rings. The van der Waals surface area contributed by atoms with E-state index in [2.05, 4.69) is 10.3 Å². The third-order valence-corrected chi connectivity index (χ3v) is 2.79. The number of carbonyl (C=O) groups is 1. The molecule has 0 saturated heterocycles. The van der Waals surface area contributed by atoms with Gasteiger partial charge in [0.25, 0.3) is 5.91 Å². The Bertz CT molecular complexity index is 582. The van der Waals surface area contributed by atoms with Crippen molar-refractivity contribution >= 4 is 11.6 Å². The third-order valence-electron chi connectivity index (χ3n) is 2.79. The topological polar surface area (TPSA) is 77.2 Å². The maximum Gasteiger partial charge on any atom is 0.255 e. The lowest BCUT2D eigenvalue weighted by Crippen LogP contribution is -2.19. The number of aromatic nitrogens is 1. The zero-order valence-electron chi connectivity index (χ0n) is 11.3. The van der Waals surface area contributed by atoms with Crippen LogP contribution in [0.5, 0.6) is 5.75 Å². The van der Waals surface area contributed by atoms with E-state index in [-0.39, 0.29) is 6.61 Å². The van der Waals surface area contributed by atoms with Crippen molar-refractivity contribution in [2.45, 2.75) is 13.5 Å². The molecule has 104 valence electrons. The molecule has 0 spiro atoms. The molecule has 5 nitrogen and oxygen atoms in total. The predicted octanol–water partition coefficient (Wildman–Crippen LogP) is 1.87. The minimum atomic E-state index is -0.484. The number of carbonyl (C=O) groups excluding carboxylic acids is 1. The van der Waals surface area contributed by atoms with Gasteiger partial charge in [-0.2, -0.15) is 0 Å². The number of amides is 1. The van der Waals surface area contributed by atoms with E-state index in [0.29, 0.717) is 12.3 Å². The Morgan fingerprint density at radius 3 is 2.70 bits per heavy atom. The Hall–Kier alpha value is -2.56. The summed E-state index contributed by atoms with van der Waals surface area (Å²) in [4.78, 5) is 14.8. The number of nitrogens with one attached hydrogen (secondary N) is 1. The highest BCUT2D eigenvalue weighted by atomic mass is 16.5. The Morgan fingerprint density at radius 2 is 2.05 bits per heavy atom. The van der Waals surface area contributed by atoms with E-state index in [1.54, 1.807) is 6.20 Å². The fraction of sp³-hybridized carbons (Fsp3) is 0.200. The van der Waals surface area contributed by atoms with Gasteiger partial charge in [-0.25, -0.2) is 0 Å². The van der Waals surface area contributed by atoms with E-state index < -0.39 is 5.91 Å². The molecule has 0 atom stereocenters. The molecule has 0 bridgehead atoms. The van der Waals surface area contributed by atoms with Gasteiger partial charge < -0.3 is 15.8 Å². The summed E-state index contributed by atoms with van der Waals surface area (Å²) in [7, 11) is 0. The molecule has 0 radical (unpaired) electrons. The quantitative estimate of drug-likeness (QED) is 0.840. The summed E-state index contributed by atoms with van der Waals surface area (Å²) in [6.07, 6.45) is 1.77. The first kappa shape index (κ1) is 13.9. The van der Waals surface area contributed by atoms with Gasteiger partial charge in [-0.3, -0.25) is 9.78 Å². The lowest BCUT2D eigenvalue weighted by atomic mass is 10.2. The van der Waals surface area contributed by atoms with Crippen LogP contribution in [0.25, 0.3) is 0 Å². The summed E-state index contributed by atoms with van der Waals surface area (Å²) in [5.41, 5.74) is 8.11. The first-order valence-corrected chi connectivity index (χ1v) is 6.30. The molecule has 2 aromatic rings. The number of anilines is 1. The molecule has 3 N–H and O–H groups in total. The van der Waals surface area contributed by atoms with Gasteiger partial charge in [0.1, 0.15) is 5.75 Å². The van der Waals surface area contributed by atoms with E-state index in [1.165, 1.54) is 0 Å². The van der Waals surface area contributed by atoms with E-state index in [4.69, 9.17) is 10.5 Å². The van der Waals surface area contributed by atoms with Crippen LogP contribution in [0.1, 0.15) is 11.3 Å². The number of benzene rings is 1. The van der Waals surface area contributed by atoms with Crippen LogP contribution in [0.2, 0.25) is 0 Å². The highest BCUT2D eigenvalue weighted by Crippen LogP contribution is 2.15. The van der Waals surface area contributed by atoms with Crippen LogP contribution < -0.4 is 15.8 Å². The van der Waals surface area contributed by atoms with E-state index >= 15 is 0 Å². The number of hydrogen-bond donors (Lipinski definition) is 2. The summed E-state index contributed by atoms with van der Waals surface area (Å²) in [5.74, 6) is 0.146. The van der Waals surface area contributed by atoms with Gasteiger partial charge in [0.2, 0.25) is 0 Å². The van der Waals surface area contributed by atoms with E-state index in [1.807, 2.05) is 43.3 Å². The molecule has 0 unspecified atom stereocenters. The number of primary amides is 1. The summed E-state index contributed by atoms with van der Waals surface area (Å²) < 4.78 is 5.20. The molecule has 5 heteroatoms. The second-order valence-corrected chi connectivity index (χ2v) is 4.39. The van der Waals surface area contributed by atoms with Crippen molar-refractivity contribution in [1.29, 1.82) is 0 Å². The molecule has 1 heterocycles. The standard InChI is InChI=1S/C15H17N3O2/c1-11-14(3-2-8-17-11)18-9-12-4-6-13(7-5-12)20-10-15(16)19/h2-8,18H,9-10H2,1H3,(H2,16,19). The number of nitrogens with two attached hydrogens (primary N) is 1. The van der Waals surface area contributed by atoms with Crippen molar-refractivity contribution in [2.24, 2.45) is 5.73 Å². The van der Waals surface area contributed by atoms with E-state index in [9.17, 15) is 4.79 Å². The fourth-order valence-corrected chi connectivity index (χ4v) is 1.73. The van der Waals surface area contributed by atoms with Crippen molar-refractivity contribution in [3.05, 3.63) is 53.9 Å². The van der Waals surface area contributed by atoms with E-state index in [0.717, 1.165) is 16.9 Å². The van der Waals surface area contributed by atoms with Crippen LogP contribution in [0.3, 0.4) is 0 Å². The van der Waals surface area contributed by atoms with Crippen LogP contribution in [0.4, 0.5) is 5.69 Å². The van der Waals surface area contributed by atoms with Gasteiger partial charge in [0.15, 0.2) is 6.61 Å². The van der Waals surface area contributed by atoms with Crippen LogP contribution in [0, 0.1) is 6.92 Å². The van der Waals surface area contributed by atoms with Crippen molar-refractivity contribution < 1.29 is 9.53 Å². The smallest absolute Gasteiger partial charge is 0.255 e. The van der Waals surface area contributed by atoms with Crippen LogP contribution in [-0.2, 0) is 11.3 Å². The lowest BCUT2D eigenvalue weighted by molar-refractivity contribution is -0.119. The van der Waals surface area contributed by atoms with Crippen LogP contribution in [-0.4, -0.2) is 17.5 Å². The Morgan fingerprint density at radius 1 is 1.30 bits per heavy atom. The number of pyridine rings is 1. The highest BCUT2D eigenvalue weighted by Gasteiger charge is 2.00. The first-order chi connectivity index (χ1) is 9.65. The summed E-state index contributed by atoms with van der Waals surface area (Å²) in [6, 6.07) is 11.4. The SMILES string of the molecule is Cc1ncccc1NCc1ccc(OCC(N)=O)cc1. The minimum Gasteiger partial charge on any atom is -0.484 e. The number of nitrogens with zero attached hydrogens (tertiary/aromatic N) is 1. The van der Waals surface area contributed by atoms with Gasteiger partial charge in [-0.1, -0.05) is 12.1 Å². The number of hydrogen-bond acceptors (Lipinski definition) is 4. The number of ether oxygens (including phenoxy) is 1. The summed E-state index contributed by atoms with van der Waals surface area (Å²) >= 11 is 0. The Balaban J connectivity index is 1.91. The molecule has 1 amide bonds. The molecule has 1 aromatic heterocycles. The van der Waals surface area contributed by atoms with Gasteiger partial charge in [-0.15, -0.1) is 0 Å². The second-order valence-electron chi connectivity index (χ2n) is 4.39. The highest BCUT2D eigenvalue weighted by molar-refractivity contribution is 5.75. The minimum absolute atomic E-state index is 0.105. The lowest BCUT2D eigenvalue weighted by Gasteiger charge is -2.09. The van der Waals surface area contributed by atoms with Crippen LogP contribution >= 0.6 is 0 Å². The molecule has 1 aromatic carbocycles. The van der Waals surface area contributed by atoms with Gasteiger partial charge in [-0.05, 0) is 36.8 Å². The fourth-order valence-electron chi connectivity index (χ4n) is 1.73. The average molecular weight is 271 g/mol. The van der Waals surface area contributed by atoms with Gasteiger partial charge in [0, 0.05) is 12.7 Å². The maximum atomic E-state index is 10.6. The summed E-state index contributed by atoms with van der Waals surface area (Å²) in [6.45, 7) is 2.55. The number of rotatable bonds is 6. The van der Waals surface area contributed by atoms with Crippen LogP contribution in [0.15, 0.2) is 42.6 Å². The Labute approximate surface area is 117 Å². The third kappa shape index (κ3) is 3.98. The first-order valence-electron chi connectivity index (χ1n) is 6.30. The molecular formula is C15H17N3O2. The number of aryl methyl sites for hydroxylation is 1. The largest absolute Gasteiger partial charge is 0.484 e. The van der Waals surface area contributed by atoms with Crippen molar-refractivity contribution in [2.75, 3.05) is 11.9 Å².